The van der Waals surface area contributed by atoms with Crippen LogP contribution in [0, 0.1) is 46.7 Å². The van der Waals surface area contributed by atoms with E-state index < -0.39 is 63.5 Å². The second-order valence-corrected chi connectivity index (χ2v) is 8.60. The first kappa shape index (κ1) is 28.5. The smallest absolute Gasteiger partial charge is 0.429 e. The molecule has 0 saturated heterocycles. The lowest BCUT2D eigenvalue weighted by molar-refractivity contribution is -0.187. The number of alkyl halides is 2. The van der Waals surface area contributed by atoms with Gasteiger partial charge in [-0.2, -0.15) is 8.78 Å². The molecule has 11 heteroatoms. The van der Waals surface area contributed by atoms with Gasteiger partial charge in [-0.05, 0) is 42.7 Å². The molecule has 206 valence electrons. The molecule has 0 amide bonds. The number of hydrogen-bond donors (Lipinski definition) is 0. The summed E-state index contributed by atoms with van der Waals surface area (Å²) in [7, 11) is 0. The second kappa shape index (κ2) is 11.7. The van der Waals surface area contributed by atoms with E-state index in [1.165, 1.54) is 0 Å². The summed E-state index contributed by atoms with van der Waals surface area (Å²) < 4.78 is 117. The van der Waals surface area contributed by atoms with E-state index in [4.69, 9.17) is 0 Å². The normalized spacial score (nSPS) is 11.2. The van der Waals surface area contributed by atoms with Gasteiger partial charge in [0, 0.05) is 35.7 Å². The topological polar surface area (TPSA) is 35.0 Å². The molecule has 0 unspecified atom stereocenters. The molecule has 0 saturated carbocycles. The lowest BCUT2D eigenvalue weighted by Crippen LogP contribution is -2.23. The van der Waals surface area contributed by atoms with Crippen LogP contribution < -0.4 is 4.74 Å². The highest BCUT2D eigenvalue weighted by atomic mass is 19.3. The third kappa shape index (κ3) is 6.39. The molecule has 3 aromatic carbocycles. The Morgan fingerprint density at radius 3 is 1.98 bits per heavy atom. The maximum absolute atomic E-state index is 14.8. The highest BCUT2D eigenvalue weighted by Crippen LogP contribution is 2.35. The van der Waals surface area contributed by atoms with Crippen molar-refractivity contribution in [2.75, 3.05) is 0 Å². The Morgan fingerprint density at radius 1 is 0.775 bits per heavy atom. The molecular weight excluding hydrogens is 544 g/mol. The number of nitrogens with zero attached hydrogens (tertiary/aromatic N) is 2. The van der Waals surface area contributed by atoms with Gasteiger partial charge in [0.25, 0.3) is 0 Å². The van der Waals surface area contributed by atoms with Gasteiger partial charge in [0.2, 0.25) is 0 Å². The van der Waals surface area contributed by atoms with Gasteiger partial charge >= 0.3 is 6.11 Å². The highest BCUT2D eigenvalue weighted by molar-refractivity contribution is 5.56. The fourth-order valence-electron chi connectivity index (χ4n) is 3.60. The van der Waals surface area contributed by atoms with Crippen LogP contribution in [0.5, 0.6) is 5.75 Å². The van der Waals surface area contributed by atoms with E-state index in [1.54, 1.807) is 12.4 Å². The van der Waals surface area contributed by atoms with Gasteiger partial charge in [0.15, 0.2) is 23.3 Å². The zero-order chi connectivity index (χ0) is 29.0. The third-order valence-electron chi connectivity index (χ3n) is 5.64. The van der Waals surface area contributed by atoms with Crippen LogP contribution in [0.3, 0.4) is 0 Å². The maximum Gasteiger partial charge on any atom is 0.429 e. The standard InChI is InChI=1S/C29H18F8N2O/c1-2-3-4-17-14-38-28(39-15-17)18-6-8-21(24(32)11-18)29(36,37)40-19-12-22(30)20(23(31)13-19)7-5-16-9-25(33)27(35)26(34)10-16/h6,8-15H,2-4H2,1H3. The van der Waals surface area contributed by atoms with Crippen molar-refractivity contribution < 1.29 is 39.9 Å². The Kier molecular flexibility index (Phi) is 8.38. The lowest BCUT2D eigenvalue weighted by atomic mass is 10.1. The number of ether oxygens (including phenoxy) is 1. The van der Waals surface area contributed by atoms with Crippen molar-refractivity contribution >= 4 is 0 Å². The molecule has 3 nitrogen and oxygen atoms in total. The Bertz CT molecular complexity index is 1570. The monoisotopic (exact) mass is 562 g/mol. The van der Waals surface area contributed by atoms with Gasteiger partial charge in [0.05, 0.1) is 11.1 Å². The molecule has 0 bridgehead atoms. The summed E-state index contributed by atoms with van der Waals surface area (Å²) in [4.78, 5) is 8.26. The van der Waals surface area contributed by atoms with Crippen molar-refractivity contribution in [1.29, 1.82) is 0 Å². The van der Waals surface area contributed by atoms with Crippen LogP contribution in [0.1, 0.15) is 42.0 Å². The van der Waals surface area contributed by atoms with E-state index in [-0.39, 0.29) is 11.4 Å². The molecular formula is C29H18F8N2O. The van der Waals surface area contributed by atoms with Gasteiger partial charge < -0.3 is 4.74 Å². The summed E-state index contributed by atoms with van der Waals surface area (Å²) in [6.45, 7) is 2.03. The van der Waals surface area contributed by atoms with Gasteiger partial charge in [-0.1, -0.05) is 31.3 Å². The van der Waals surface area contributed by atoms with E-state index in [0.29, 0.717) is 24.3 Å². The average molecular weight is 562 g/mol. The van der Waals surface area contributed by atoms with Gasteiger partial charge in [-0.3, -0.25) is 0 Å². The minimum Gasteiger partial charge on any atom is -0.429 e. The van der Waals surface area contributed by atoms with Crippen LogP contribution in [0.25, 0.3) is 11.4 Å². The van der Waals surface area contributed by atoms with Crippen molar-refractivity contribution in [2.24, 2.45) is 0 Å². The minimum atomic E-state index is -4.34. The summed E-state index contributed by atoms with van der Waals surface area (Å²) in [6.07, 6.45) is 1.46. The molecule has 4 aromatic rings. The number of aromatic nitrogens is 2. The number of halogens is 8. The first-order valence-corrected chi connectivity index (χ1v) is 11.8. The van der Waals surface area contributed by atoms with Crippen molar-refractivity contribution in [3.05, 3.63) is 112 Å². The predicted octanol–water partition coefficient (Wildman–Crippen LogP) is 7.85. The van der Waals surface area contributed by atoms with E-state index in [2.05, 4.69) is 20.6 Å². The Hall–Kier alpha value is -4.46. The van der Waals surface area contributed by atoms with Gasteiger partial charge in [0.1, 0.15) is 23.2 Å². The first-order chi connectivity index (χ1) is 19.0. The Labute approximate surface area is 223 Å². The van der Waals surface area contributed by atoms with Crippen LogP contribution >= 0.6 is 0 Å². The predicted molar refractivity (Wildman–Crippen MR) is 129 cm³/mol. The average Bonchev–Trinajstić information content (AvgIpc) is 2.89. The first-order valence-electron chi connectivity index (χ1n) is 11.8. The highest BCUT2D eigenvalue weighted by Gasteiger charge is 2.38. The van der Waals surface area contributed by atoms with Crippen LogP contribution in [0.15, 0.2) is 54.9 Å². The second-order valence-electron chi connectivity index (χ2n) is 8.60. The SMILES string of the molecule is CCCCc1cnc(-c2ccc(C(F)(F)Oc3cc(F)c(C#Cc4cc(F)c(F)c(F)c4)c(F)c3)c(F)c2)nc1. The van der Waals surface area contributed by atoms with Gasteiger partial charge in [-0.15, -0.1) is 0 Å². The molecule has 4 rings (SSSR count). The molecule has 0 atom stereocenters. The fraction of sp³-hybridized carbons (Fsp3) is 0.172. The van der Waals surface area contributed by atoms with Crippen LogP contribution in [-0.4, -0.2) is 9.97 Å². The number of aryl methyl sites for hydroxylation is 1. The molecule has 0 fully saturated rings. The molecule has 0 aliphatic rings. The van der Waals surface area contributed by atoms with E-state index >= 15 is 0 Å². The minimum absolute atomic E-state index is 0.113. The summed E-state index contributed by atoms with van der Waals surface area (Å²) in [5, 5.41) is 0. The van der Waals surface area contributed by atoms with Crippen LogP contribution in [-0.2, 0) is 12.5 Å². The summed E-state index contributed by atoms with van der Waals surface area (Å²) in [5.74, 6) is -6.00. The largest absolute Gasteiger partial charge is 0.429 e. The Morgan fingerprint density at radius 2 is 1.40 bits per heavy atom. The zero-order valence-electron chi connectivity index (χ0n) is 20.6. The number of hydrogen-bond acceptors (Lipinski definition) is 3. The van der Waals surface area contributed by atoms with Gasteiger partial charge in [-0.25, -0.2) is 36.3 Å². The van der Waals surface area contributed by atoms with Crippen molar-refractivity contribution in [2.45, 2.75) is 32.3 Å². The summed E-state index contributed by atoms with van der Waals surface area (Å²) >= 11 is 0. The van der Waals surface area contributed by atoms with Crippen molar-refractivity contribution in [1.82, 2.24) is 9.97 Å². The van der Waals surface area contributed by atoms with Crippen molar-refractivity contribution in [3.8, 4) is 29.0 Å². The van der Waals surface area contributed by atoms with E-state index in [1.807, 2.05) is 12.8 Å². The number of unbranched alkanes of at least 4 members (excludes halogenated alkanes) is 1. The molecule has 0 radical (unpaired) electrons. The van der Waals surface area contributed by atoms with Crippen LogP contribution in [0.4, 0.5) is 35.1 Å². The molecule has 0 aliphatic carbocycles. The molecule has 0 N–H and O–H groups in total. The molecule has 40 heavy (non-hydrogen) atoms. The fourth-order valence-corrected chi connectivity index (χ4v) is 3.60. The summed E-state index contributed by atoms with van der Waals surface area (Å²) in [6, 6.07) is 4.46. The molecule has 1 aromatic heterocycles. The summed E-state index contributed by atoms with van der Waals surface area (Å²) in [5.41, 5.74) is -1.57. The van der Waals surface area contributed by atoms with E-state index in [9.17, 15) is 35.1 Å². The Balaban J connectivity index is 1.54. The maximum atomic E-state index is 14.8. The zero-order valence-corrected chi connectivity index (χ0v) is 20.6. The number of rotatable bonds is 7. The third-order valence-corrected chi connectivity index (χ3v) is 5.64. The molecule has 0 aliphatic heterocycles. The quantitative estimate of drug-likeness (QED) is 0.131. The molecule has 0 spiro atoms. The lowest BCUT2D eigenvalue weighted by Gasteiger charge is -2.19. The van der Waals surface area contributed by atoms with E-state index in [0.717, 1.165) is 43.0 Å². The number of benzene rings is 3. The van der Waals surface area contributed by atoms with Crippen molar-refractivity contribution in [3.63, 3.8) is 0 Å². The van der Waals surface area contributed by atoms with Crippen LogP contribution in [0.2, 0.25) is 0 Å². The molecule has 1 heterocycles.